The highest BCUT2D eigenvalue weighted by atomic mass is 16.3. The summed E-state index contributed by atoms with van der Waals surface area (Å²) in [5.41, 5.74) is 1.96. The van der Waals surface area contributed by atoms with E-state index in [0.717, 1.165) is 22.0 Å². The summed E-state index contributed by atoms with van der Waals surface area (Å²) in [6, 6.07) is 12.0. The first-order valence-corrected chi connectivity index (χ1v) is 5.65. The van der Waals surface area contributed by atoms with Crippen LogP contribution in [-0.4, -0.2) is 24.2 Å². The SMILES string of the molecule is CN1C(=O)C(O)Cc2ccc3ccccc3c21. The Balaban J connectivity index is 2.32. The summed E-state index contributed by atoms with van der Waals surface area (Å²) >= 11 is 0. The number of aliphatic hydroxyl groups excluding tert-OH is 1. The lowest BCUT2D eigenvalue weighted by Gasteiger charge is -2.30. The van der Waals surface area contributed by atoms with Crippen LogP contribution in [0.15, 0.2) is 36.4 Å². The predicted octanol–water partition coefficient (Wildman–Crippen LogP) is 1.72. The molecule has 17 heavy (non-hydrogen) atoms. The minimum Gasteiger partial charge on any atom is -0.383 e. The molecule has 3 rings (SSSR count). The number of anilines is 1. The van der Waals surface area contributed by atoms with Crippen LogP contribution in [0.5, 0.6) is 0 Å². The van der Waals surface area contributed by atoms with Gasteiger partial charge in [0.25, 0.3) is 5.91 Å². The zero-order valence-corrected chi connectivity index (χ0v) is 9.55. The molecule has 0 aliphatic carbocycles. The molecule has 1 unspecified atom stereocenters. The first kappa shape index (κ1) is 10.3. The molecule has 0 bridgehead atoms. The van der Waals surface area contributed by atoms with Crippen molar-refractivity contribution in [3.8, 4) is 0 Å². The monoisotopic (exact) mass is 227 g/mol. The lowest BCUT2D eigenvalue weighted by atomic mass is 9.95. The predicted molar refractivity (Wildman–Crippen MR) is 67.1 cm³/mol. The minimum absolute atomic E-state index is 0.228. The molecule has 0 fully saturated rings. The van der Waals surface area contributed by atoms with Gasteiger partial charge in [-0.15, -0.1) is 0 Å². The van der Waals surface area contributed by atoms with Gasteiger partial charge in [0, 0.05) is 18.9 Å². The van der Waals surface area contributed by atoms with Gasteiger partial charge in [-0.2, -0.15) is 0 Å². The Kier molecular flexibility index (Phi) is 2.16. The third kappa shape index (κ3) is 1.43. The topological polar surface area (TPSA) is 40.5 Å². The number of likely N-dealkylation sites (N-methyl/N-ethyl adjacent to an activating group) is 1. The zero-order valence-electron chi connectivity index (χ0n) is 9.55. The van der Waals surface area contributed by atoms with Crippen molar-refractivity contribution in [1.29, 1.82) is 0 Å². The molecule has 0 radical (unpaired) electrons. The van der Waals surface area contributed by atoms with E-state index in [0.29, 0.717) is 6.42 Å². The van der Waals surface area contributed by atoms with Gasteiger partial charge in [0.2, 0.25) is 0 Å². The van der Waals surface area contributed by atoms with Gasteiger partial charge in [-0.1, -0.05) is 36.4 Å². The van der Waals surface area contributed by atoms with Crippen LogP contribution >= 0.6 is 0 Å². The summed E-state index contributed by atoms with van der Waals surface area (Å²) in [5, 5.41) is 11.9. The van der Waals surface area contributed by atoms with Crippen molar-refractivity contribution in [2.75, 3.05) is 11.9 Å². The van der Waals surface area contributed by atoms with Crippen LogP contribution in [0.1, 0.15) is 5.56 Å². The highest BCUT2D eigenvalue weighted by Crippen LogP contribution is 2.34. The second-order valence-electron chi connectivity index (χ2n) is 4.41. The molecule has 1 atom stereocenters. The van der Waals surface area contributed by atoms with Gasteiger partial charge >= 0.3 is 0 Å². The third-order valence-electron chi connectivity index (χ3n) is 3.35. The van der Waals surface area contributed by atoms with Gasteiger partial charge in [0.05, 0.1) is 5.69 Å². The van der Waals surface area contributed by atoms with Crippen molar-refractivity contribution in [3.05, 3.63) is 42.0 Å². The van der Waals surface area contributed by atoms with Gasteiger partial charge in [0.15, 0.2) is 0 Å². The molecule has 0 saturated carbocycles. The quantitative estimate of drug-likeness (QED) is 0.744. The Hall–Kier alpha value is -1.87. The van der Waals surface area contributed by atoms with Crippen LogP contribution in [-0.2, 0) is 11.2 Å². The standard InChI is InChI=1S/C14H13NO2/c1-15-13-10(8-12(16)14(15)17)7-6-9-4-2-3-5-11(9)13/h2-7,12,16H,8H2,1H3. The Morgan fingerprint density at radius 2 is 2.00 bits per heavy atom. The van der Waals surface area contributed by atoms with Gasteiger partial charge in [-0.3, -0.25) is 4.79 Å². The van der Waals surface area contributed by atoms with E-state index < -0.39 is 6.10 Å². The molecule has 3 nitrogen and oxygen atoms in total. The third-order valence-corrected chi connectivity index (χ3v) is 3.35. The van der Waals surface area contributed by atoms with Gasteiger partial charge in [0.1, 0.15) is 6.10 Å². The summed E-state index contributed by atoms with van der Waals surface area (Å²) in [7, 11) is 1.72. The Morgan fingerprint density at radius 1 is 1.24 bits per heavy atom. The highest BCUT2D eigenvalue weighted by molar-refractivity contribution is 6.08. The summed E-state index contributed by atoms with van der Waals surface area (Å²) < 4.78 is 0. The largest absolute Gasteiger partial charge is 0.383 e. The summed E-state index contributed by atoms with van der Waals surface area (Å²) in [5.74, 6) is -0.228. The first-order chi connectivity index (χ1) is 8.18. The van der Waals surface area contributed by atoms with Crippen molar-refractivity contribution in [2.24, 2.45) is 0 Å². The number of benzene rings is 2. The second kappa shape index (κ2) is 3.57. The average Bonchev–Trinajstić information content (AvgIpc) is 2.35. The van der Waals surface area contributed by atoms with Crippen LogP contribution < -0.4 is 4.90 Å². The molecule has 1 N–H and O–H groups in total. The number of hydrogen-bond donors (Lipinski definition) is 1. The van der Waals surface area contributed by atoms with Gasteiger partial charge < -0.3 is 10.0 Å². The van der Waals surface area contributed by atoms with E-state index in [1.54, 1.807) is 11.9 Å². The average molecular weight is 227 g/mol. The molecule has 86 valence electrons. The maximum atomic E-state index is 11.8. The number of carbonyl (C=O) groups excluding carboxylic acids is 1. The molecule has 1 aliphatic heterocycles. The van der Waals surface area contributed by atoms with E-state index >= 15 is 0 Å². The normalized spacial score (nSPS) is 19.5. The van der Waals surface area contributed by atoms with Gasteiger partial charge in [-0.05, 0) is 10.9 Å². The number of carbonyl (C=O) groups is 1. The second-order valence-corrected chi connectivity index (χ2v) is 4.41. The molecule has 0 saturated heterocycles. The molecule has 2 aromatic carbocycles. The number of aliphatic hydroxyl groups is 1. The van der Waals surface area contributed by atoms with Crippen molar-refractivity contribution in [2.45, 2.75) is 12.5 Å². The molecular weight excluding hydrogens is 214 g/mol. The van der Waals surface area contributed by atoms with Crippen LogP contribution in [0, 0.1) is 0 Å². The van der Waals surface area contributed by atoms with Crippen molar-refractivity contribution in [3.63, 3.8) is 0 Å². The van der Waals surface area contributed by atoms with E-state index in [4.69, 9.17) is 0 Å². The molecule has 3 heteroatoms. The summed E-state index contributed by atoms with van der Waals surface area (Å²) in [6.07, 6.45) is -0.503. The molecule has 0 aromatic heterocycles. The molecule has 1 heterocycles. The first-order valence-electron chi connectivity index (χ1n) is 5.65. The fourth-order valence-electron chi connectivity index (χ4n) is 2.49. The number of nitrogens with zero attached hydrogens (tertiary/aromatic N) is 1. The molecular formula is C14H13NO2. The minimum atomic E-state index is -0.909. The lowest BCUT2D eigenvalue weighted by molar-refractivity contribution is -0.126. The highest BCUT2D eigenvalue weighted by Gasteiger charge is 2.29. The van der Waals surface area contributed by atoms with Crippen molar-refractivity contribution in [1.82, 2.24) is 0 Å². The van der Waals surface area contributed by atoms with E-state index in [9.17, 15) is 9.90 Å². The zero-order chi connectivity index (χ0) is 12.0. The van der Waals surface area contributed by atoms with Crippen LogP contribution in [0.2, 0.25) is 0 Å². The number of rotatable bonds is 0. The molecule has 0 spiro atoms. The maximum absolute atomic E-state index is 11.8. The Bertz CT molecular complexity index is 606. The van der Waals surface area contributed by atoms with Gasteiger partial charge in [-0.25, -0.2) is 0 Å². The van der Waals surface area contributed by atoms with Crippen LogP contribution in [0.25, 0.3) is 10.8 Å². The molecule has 1 amide bonds. The van der Waals surface area contributed by atoms with Crippen LogP contribution in [0.3, 0.4) is 0 Å². The van der Waals surface area contributed by atoms with E-state index in [1.165, 1.54) is 0 Å². The smallest absolute Gasteiger partial charge is 0.255 e. The summed E-state index contributed by atoms with van der Waals surface area (Å²) in [6.45, 7) is 0. The maximum Gasteiger partial charge on any atom is 0.255 e. The molecule has 1 aliphatic rings. The van der Waals surface area contributed by atoms with E-state index in [-0.39, 0.29) is 5.91 Å². The molecule has 2 aromatic rings. The summed E-state index contributed by atoms with van der Waals surface area (Å²) in [4.78, 5) is 13.4. The fraction of sp³-hybridized carbons (Fsp3) is 0.214. The number of hydrogen-bond acceptors (Lipinski definition) is 2. The van der Waals surface area contributed by atoms with Crippen molar-refractivity contribution < 1.29 is 9.90 Å². The van der Waals surface area contributed by atoms with Crippen molar-refractivity contribution >= 4 is 22.4 Å². The Labute approximate surface area is 99.3 Å². The Morgan fingerprint density at radius 3 is 2.82 bits per heavy atom. The number of fused-ring (bicyclic) bond motifs is 3. The van der Waals surface area contributed by atoms with E-state index in [2.05, 4.69) is 0 Å². The number of amides is 1. The lowest BCUT2D eigenvalue weighted by Crippen LogP contribution is -2.42. The van der Waals surface area contributed by atoms with Crippen LogP contribution in [0.4, 0.5) is 5.69 Å². The van der Waals surface area contributed by atoms with E-state index in [1.807, 2.05) is 36.4 Å². The fourth-order valence-corrected chi connectivity index (χ4v) is 2.49.